The van der Waals surface area contributed by atoms with E-state index >= 15 is 0 Å². The van der Waals surface area contributed by atoms with Crippen molar-refractivity contribution in [2.75, 3.05) is 31.5 Å². The van der Waals surface area contributed by atoms with Crippen LogP contribution >= 0.6 is 11.6 Å². The van der Waals surface area contributed by atoms with Gasteiger partial charge in [0.2, 0.25) is 0 Å². The highest BCUT2D eigenvalue weighted by atomic mass is 35.5. The number of hydrogen-bond acceptors (Lipinski definition) is 3. The summed E-state index contributed by atoms with van der Waals surface area (Å²) in [5.74, 6) is -1.18. The molecule has 0 aliphatic rings. The first kappa shape index (κ1) is 17.3. The molecule has 6 nitrogen and oxygen atoms in total. The number of hydrogen-bond donors (Lipinski definition) is 3. The second-order valence-corrected chi connectivity index (χ2v) is 4.78. The molecular formula is C14H20ClN3O3. The highest BCUT2D eigenvalue weighted by Gasteiger charge is 2.15. The van der Waals surface area contributed by atoms with Crippen LogP contribution in [-0.2, 0) is 0 Å². The molecule has 0 heterocycles. The van der Waals surface area contributed by atoms with Gasteiger partial charge in [0.15, 0.2) is 0 Å². The Balaban J connectivity index is 2.60. The minimum Gasteiger partial charge on any atom is -0.478 e. The monoisotopic (exact) mass is 313 g/mol. The van der Waals surface area contributed by atoms with E-state index in [9.17, 15) is 9.59 Å². The van der Waals surface area contributed by atoms with Gasteiger partial charge in [-0.05, 0) is 25.2 Å². The molecule has 0 aliphatic carbocycles. The number of aromatic carboxylic acids is 1. The van der Waals surface area contributed by atoms with Crippen molar-refractivity contribution in [2.45, 2.75) is 13.8 Å². The van der Waals surface area contributed by atoms with Crippen molar-refractivity contribution in [3.05, 3.63) is 28.8 Å². The van der Waals surface area contributed by atoms with Crippen molar-refractivity contribution in [3.63, 3.8) is 0 Å². The molecule has 0 saturated carbocycles. The van der Waals surface area contributed by atoms with Crippen LogP contribution in [0.3, 0.4) is 0 Å². The summed E-state index contributed by atoms with van der Waals surface area (Å²) in [4.78, 5) is 25.1. The Labute approximate surface area is 129 Å². The molecule has 0 saturated heterocycles. The van der Waals surface area contributed by atoms with Crippen molar-refractivity contribution in [1.82, 2.24) is 10.2 Å². The van der Waals surface area contributed by atoms with Crippen molar-refractivity contribution >= 4 is 29.3 Å². The normalized spacial score (nSPS) is 10.5. The number of nitrogens with zero attached hydrogens (tertiary/aromatic N) is 1. The van der Waals surface area contributed by atoms with Crippen molar-refractivity contribution in [1.29, 1.82) is 0 Å². The topological polar surface area (TPSA) is 81.7 Å². The van der Waals surface area contributed by atoms with Gasteiger partial charge in [0.25, 0.3) is 0 Å². The molecule has 2 amide bonds. The van der Waals surface area contributed by atoms with Gasteiger partial charge in [-0.15, -0.1) is 0 Å². The van der Waals surface area contributed by atoms with Crippen LogP contribution in [0.5, 0.6) is 0 Å². The molecule has 1 rings (SSSR count). The summed E-state index contributed by atoms with van der Waals surface area (Å²) in [7, 11) is 0. The zero-order chi connectivity index (χ0) is 15.8. The van der Waals surface area contributed by atoms with Gasteiger partial charge in [-0.3, -0.25) is 0 Å². The summed E-state index contributed by atoms with van der Waals surface area (Å²) < 4.78 is 0. The third kappa shape index (κ3) is 5.24. The number of carbonyl (C=O) groups is 2. The van der Waals surface area contributed by atoms with E-state index in [1.807, 2.05) is 0 Å². The maximum atomic E-state index is 11.8. The van der Waals surface area contributed by atoms with Crippen LogP contribution in [0.25, 0.3) is 0 Å². The fourth-order valence-corrected chi connectivity index (χ4v) is 2.13. The lowest BCUT2D eigenvalue weighted by atomic mass is 10.2. The molecule has 0 aliphatic heterocycles. The molecule has 0 fully saturated rings. The van der Waals surface area contributed by atoms with Crippen molar-refractivity contribution < 1.29 is 14.7 Å². The van der Waals surface area contributed by atoms with Gasteiger partial charge < -0.3 is 20.6 Å². The van der Waals surface area contributed by atoms with Crippen LogP contribution in [0.15, 0.2) is 18.2 Å². The third-order valence-corrected chi connectivity index (χ3v) is 3.40. The molecule has 21 heavy (non-hydrogen) atoms. The Bertz CT molecular complexity index is 504. The summed E-state index contributed by atoms with van der Waals surface area (Å²) in [5, 5.41) is 14.4. The standard InChI is InChI=1S/C14H20ClN3O3/c1-3-18(4-2)9-8-16-14(21)17-11-7-5-6-10(15)12(11)13(19)20/h5-7H,3-4,8-9H2,1-2H3,(H,19,20)(H2,16,17,21). The molecule has 0 radical (unpaired) electrons. The maximum Gasteiger partial charge on any atom is 0.339 e. The van der Waals surface area contributed by atoms with Gasteiger partial charge in [0, 0.05) is 13.1 Å². The average Bonchev–Trinajstić information content (AvgIpc) is 2.43. The Morgan fingerprint density at radius 2 is 1.95 bits per heavy atom. The number of rotatable bonds is 7. The molecule has 0 unspecified atom stereocenters. The fourth-order valence-electron chi connectivity index (χ4n) is 1.88. The summed E-state index contributed by atoms with van der Waals surface area (Å²) in [6.45, 7) is 7.15. The Hall–Kier alpha value is -1.79. The zero-order valence-corrected chi connectivity index (χ0v) is 12.9. The molecule has 116 valence electrons. The number of carboxylic acid groups (broad SMARTS) is 1. The van der Waals surface area contributed by atoms with E-state index in [0.29, 0.717) is 6.54 Å². The second kappa shape index (κ2) is 8.49. The van der Waals surface area contributed by atoms with Gasteiger partial charge in [-0.25, -0.2) is 9.59 Å². The largest absolute Gasteiger partial charge is 0.478 e. The quantitative estimate of drug-likeness (QED) is 0.722. The number of amides is 2. The molecule has 0 aromatic heterocycles. The van der Waals surface area contributed by atoms with Gasteiger partial charge in [0.05, 0.1) is 10.7 Å². The minimum absolute atomic E-state index is 0.0865. The number of anilines is 1. The first-order valence-corrected chi connectivity index (χ1v) is 7.16. The number of likely N-dealkylation sites (N-methyl/N-ethyl adjacent to an activating group) is 1. The number of urea groups is 1. The molecule has 7 heteroatoms. The lowest BCUT2D eigenvalue weighted by Gasteiger charge is -2.18. The van der Waals surface area contributed by atoms with Gasteiger partial charge in [-0.2, -0.15) is 0 Å². The highest BCUT2D eigenvalue weighted by molar-refractivity contribution is 6.34. The first-order chi connectivity index (χ1) is 9.99. The molecule has 3 N–H and O–H groups in total. The number of carbonyl (C=O) groups excluding carboxylic acids is 1. The summed E-state index contributed by atoms with van der Waals surface area (Å²) in [6.07, 6.45) is 0. The smallest absolute Gasteiger partial charge is 0.339 e. The van der Waals surface area contributed by atoms with Crippen molar-refractivity contribution in [3.8, 4) is 0 Å². The zero-order valence-electron chi connectivity index (χ0n) is 12.1. The number of benzene rings is 1. The molecule has 1 aromatic rings. The van der Waals surface area contributed by atoms with E-state index < -0.39 is 12.0 Å². The average molecular weight is 314 g/mol. The first-order valence-electron chi connectivity index (χ1n) is 6.78. The second-order valence-electron chi connectivity index (χ2n) is 4.38. The highest BCUT2D eigenvalue weighted by Crippen LogP contribution is 2.24. The predicted octanol–water partition coefficient (Wildman–Crippen LogP) is 2.50. The van der Waals surface area contributed by atoms with E-state index in [4.69, 9.17) is 16.7 Å². The van der Waals surface area contributed by atoms with Crippen molar-refractivity contribution in [2.24, 2.45) is 0 Å². The van der Waals surface area contributed by atoms with Gasteiger partial charge in [-0.1, -0.05) is 31.5 Å². The van der Waals surface area contributed by atoms with Gasteiger partial charge >= 0.3 is 12.0 Å². The summed E-state index contributed by atoms with van der Waals surface area (Å²) in [5.41, 5.74) is 0.0633. The van der Waals surface area contributed by atoms with Crippen LogP contribution < -0.4 is 10.6 Å². The van der Waals surface area contributed by atoms with E-state index in [2.05, 4.69) is 29.4 Å². The Morgan fingerprint density at radius 3 is 2.52 bits per heavy atom. The predicted molar refractivity (Wildman–Crippen MR) is 83.2 cm³/mol. The Morgan fingerprint density at radius 1 is 1.29 bits per heavy atom. The number of halogens is 1. The molecule has 0 spiro atoms. The fraction of sp³-hybridized carbons (Fsp3) is 0.429. The van der Waals surface area contributed by atoms with Crippen LogP contribution in [0.2, 0.25) is 5.02 Å². The molecule has 1 aromatic carbocycles. The summed E-state index contributed by atoms with van der Waals surface area (Å²) in [6, 6.07) is 4.10. The molecular weight excluding hydrogens is 294 g/mol. The lowest BCUT2D eigenvalue weighted by molar-refractivity contribution is 0.0698. The third-order valence-electron chi connectivity index (χ3n) is 3.08. The van der Waals surface area contributed by atoms with Crippen LogP contribution in [-0.4, -0.2) is 48.2 Å². The maximum absolute atomic E-state index is 11.8. The van der Waals surface area contributed by atoms with Crippen LogP contribution in [0.1, 0.15) is 24.2 Å². The molecule has 0 atom stereocenters. The SMILES string of the molecule is CCN(CC)CCNC(=O)Nc1cccc(Cl)c1C(=O)O. The number of nitrogens with one attached hydrogen (secondary N) is 2. The van der Waals surface area contributed by atoms with Crippen LogP contribution in [0.4, 0.5) is 10.5 Å². The number of carboxylic acids is 1. The van der Waals surface area contributed by atoms with E-state index in [1.54, 1.807) is 6.07 Å². The lowest BCUT2D eigenvalue weighted by Crippen LogP contribution is -2.37. The summed E-state index contributed by atoms with van der Waals surface area (Å²) >= 11 is 5.83. The van der Waals surface area contributed by atoms with Gasteiger partial charge in [0.1, 0.15) is 5.56 Å². The van der Waals surface area contributed by atoms with E-state index in [1.165, 1.54) is 12.1 Å². The Kier molecular flexibility index (Phi) is 6.98. The van der Waals surface area contributed by atoms with Crippen LogP contribution in [0, 0.1) is 0 Å². The van der Waals surface area contributed by atoms with E-state index in [-0.39, 0.29) is 16.3 Å². The molecule has 0 bridgehead atoms. The minimum atomic E-state index is -1.18. The van der Waals surface area contributed by atoms with E-state index in [0.717, 1.165) is 19.6 Å².